The quantitative estimate of drug-likeness (QED) is 0.647. The molecule has 0 heterocycles. The van der Waals surface area contributed by atoms with Crippen molar-refractivity contribution in [3.63, 3.8) is 0 Å². The minimum atomic E-state index is 0.328. The van der Waals surface area contributed by atoms with Crippen LogP contribution in [-0.4, -0.2) is 30.3 Å². The summed E-state index contributed by atoms with van der Waals surface area (Å²) < 4.78 is 0. The Labute approximate surface area is 100 Å². The van der Waals surface area contributed by atoms with Gasteiger partial charge in [-0.3, -0.25) is 0 Å². The van der Waals surface area contributed by atoms with Crippen LogP contribution >= 0.6 is 12.6 Å². The molecule has 0 bridgehead atoms. The second-order valence-corrected chi connectivity index (χ2v) is 4.46. The molecule has 15 heavy (non-hydrogen) atoms. The summed E-state index contributed by atoms with van der Waals surface area (Å²) in [5.74, 6) is 0.934. The second kappa shape index (κ2) is 8.01. The van der Waals surface area contributed by atoms with E-state index in [1.54, 1.807) is 0 Å². The third-order valence-electron chi connectivity index (χ3n) is 3.38. The molecule has 0 fully saturated rings. The van der Waals surface area contributed by atoms with Crippen molar-refractivity contribution in [1.82, 2.24) is 4.90 Å². The van der Waals surface area contributed by atoms with Gasteiger partial charge >= 0.3 is 0 Å². The number of rotatable bonds is 8. The van der Waals surface area contributed by atoms with E-state index in [-0.39, 0.29) is 0 Å². The molecule has 0 N–H and O–H groups in total. The second-order valence-electron chi connectivity index (χ2n) is 4.14. The Hall–Kier alpha value is -0.200. The molecular weight excluding hydrogens is 204 g/mol. The van der Waals surface area contributed by atoms with Crippen LogP contribution in [-0.2, 0) is 0 Å². The van der Waals surface area contributed by atoms with Gasteiger partial charge in [0.15, 0.2) is 0 Å². The molecule has 0 atom stereocenters. The number of hydrogen-bond acceptors (Lipinski definition) is 3. The topological polar surface area (TPSA) is 27.0 Å². The lowest BCUT2D eigenvalue weighted by atomic mass is 9.84. The number of nitrogens with zero attached hydrogens (tertiary/aromatic N) is 2. The Morgan fingerprint density at radius 3 is 2.20 bits per heavy atom. The monoisotopic (exact) mass is 228 g/mol. The zero-order valence-corrected chi connectivity index (χ0v) is 11.2. The van der Waals surface area contributed by atoms with Crippen LogP contribution in [0.4, 0.5) is 0 Å². The maximum absolute atomic E-state index is 8.59. The smallest absolute Gasteiger partial charge is 0.0635 e. The van der Waals surface area contributed by atoms with Gasteiger partial charge in [0.25, 0.3) is 0 Å². The van der Waals surface area contributed by atoms with E-state index in [1.807, 2.05) is 0 Å². The Kier molecular flexibility index (Phi) is 7.90. The van der Waals surface area contributed by atoms with Crippen molar-refractivity contribution < 1.29 is 0 Å². The van der Waals surface area contributed by atoms with Gasteiger partial charge in [0.1, 0.15) is 0 Å². The van der Waals surface area contributed by atoms with Crippen molar-refractivity contribution in [2.45, 2.75) is 40.0 Å². The summed E-state index contributed by atoms with van der Waals surface area (Å²) in [7, 11) is 0. The lowest BCUT2D eigenvalue weighted by molar-refractivity contribution is 0.166. The molecule has 0 aliphatic carbocycles. The highest BCUT2D eigenvalue weighted by atomic mass is 32.1. The summed E-state index contributed by atoms with van der Waals surface area (Å²) >= 11 is 4.47. The van der Waals surface area contributed by atoms with Crippen molar-refractivity contribution in [1.29, 1.82) is 5.26 Å². The van der Waals surface area contributed by atoms with E-state index in [4.69, 9.17) is 5.26 Å². The van der Waals surface area contributed by atoms with Crippen LogP contribution in [0.2, 0.25) is 0 Å². The fraction of sp³-hybridized carbons (Fsp3) is 0.917. The average Bonchev–Trinajstić information content (AvgIpc) is 2.30. The Bertz CT molecular complexity index is 186. The van der Waals surface area contributed by atoms with Crippen LogP contribution in [0.25, 0.3) is 0 Å². The minimum Gasteiger partial charge on any atom is -0.302 e. The van der Waals surface area contributed by atoms with Crippen LogP contribution in [0.3, 0.4) is 0 Å². The first-order chi connectivity index (χ1) is 7.17. The van der Waals surface area contributed by atoms with Crippen LogP contribution in [0, 0.1) is 16.7 Å². The normalized spacial score (nSPS) is 11.7. The molecule has 0 radical (unpaired) electrons. The molecule has 0 aromatic carbocycles. The first-order valence-electron chi connectivity index (χ1n) is 5.88. The van der Waals surface area contributed by atoms with Gasteiger partial charge in [-0.25, -0.2) is 0 Å². The summed E-state index contributed by atoms with van der Waals surface area (Å²) in [6.45, 7) is 9.61. The van der Waals surface area contributed by atoms with E-state index in [0.717, 1.165) is 38.2 Å². The van der Waals surface area contributed by atoms with Crippen molar-refractivity contribution >= 4 is 12.6 Å². The fourth-order valence-electron chi connectivity index (χ4n) is 1.78. The lowest BCUT2D eigenvalue weighted by Gasteiger charge is -2.35. The molecular formula is C12H24N2S. The molecule has 0 aromatic heterocycles. The van der Waals surface area contributed by atoms with Crippen LogP contribution < -0.4 is 0 Å². The molecule has 0 unspecified atom stereocenters. The highest BCUT2D eigenvalue weighted by Gasteiger charge is 2.26. The Morgan fingerprint density at radius 2 is 1.87 bits per heavy atom. The molecule has 3 heteroatoms. The summed E-state index contributed by atoms with van der Waals surface area (Å²) in [4.78, 5) is 2.37. The average molecular weight is 228 g/mol. The fourth-order valence-corrected chi connectivity index (χ4v) is 2.33. The predicted octanol–water partition coefficient (Wildman–Crippen LogP) is 2.96. The van der Waals surface area contributed by atoms with Gasteiger partial charge in [-0.2, -0.15) is 17.9 Å². The number of hydrogen-bond donors (Lipinski definition) is 1. The Morgan fingerprint density at radius 1 is 1.27 bits per heavy atom. The minimum absolute atomic E-state index is 0.328. The zero-order valence-electron chi connectivity index (χ0n) is 10.3. The van der Waals surface area contributed by atoms with E-state index in [9.17, 15) is 0 Å². The maximum atomic E-state index is 8.59. The highest BCUT2D eigenvalue weighted by Crippen LogP contribution is 2.28. The predicted molar refractivity (Wildman–Crippen MR) is 69.2 cm³/mol. The van der Waals surface area contributed by atoms with Crippen LogP contribution in [0.15, 0.2) is 0 Å². The summed E-state index contributed by atoms with van der Waals surface area (Å²) in [5, 5.41) is 8.59. The van der Waals surface area contributed by atoms with E-state index in [1.165, 1.54) is 0 Å². The molecule has 0 aliphatic heterocycles. The maximum Gasteiger partial charge on any atom is 0.0635 e. The zero-order chi connectivity index (χ0) is 11.7. The molecule has 0 amide bonds. The van der Waals surface area contributed by atoms with E-state index < -0.39 is 0 Å². The van der Waals surface area contributed by atoms with Gasteiger partial charge in [-0.05, 0) is 30.6 Å². The summed E-state index contributed by atoms with van der Waals surface area (Å²) in [6.07, 6.45) is 2.95. The van der Waals surface area contributed by atoms with Gasteiger partial charge in [-0.1, -0.05) is 20.8 Å². The standard InChI is InChI=1S/C12H24N2S/c1-4-12(5-2,11-15)10-14(6-3)9-7-8-13/h15H,4-7,9-11H2,1-3H3. The van der Waals surface area contributed by atoms with Gasteiger partial charge < -0.3 is 4.90 Å². The molecule has 88 valence electrons. The molecule has 0 aliphatic rings. The third-order valence-corrected chi connectivity index (χ3v) is 4.05. The van der Waals surface area contributed by atoms with Gasteiger partial charge in [0.05, 0.1) is 6.07 Å². The highest BCUT2D eigenvalue weighted by molar-refractivity contribution is 7.80. The van der Waals surface area contributed by atoms with E-state index >= 15 is 0 Å². The van der Waals surface area contributed by atoms with Crippen LogP contribution in [0.1, 0.15) is 40.0 Å². The molecule has 2 nitrogen and oxygen atoms in total. The molecule has 0 saturated heterocycles. The van der Waals surface area contributed by atoms with E-state index in [2.05, 4.69) is 44.4 Å². The third kappa shape index (κ3) is 4.90. The van der Waals surface area contributed by atoms with Gasteiger partial charge in [0.2, 0.25) is 0 Å². The van der Waals surface area contributed by atoms with Crippen molar-refractivity contribution in [2.75, 3.05) is 25.4 Å². The Balaban J connectivity index is 4.28. The molecule has 0 rings (SSSR count). The first kappa shape index (κ1) is 14.8. The molecule has 0 spiro atoms. The number of nitriles is 1. The van der Waals surface area contributed by atoms with Gasteiger partial charge in [-0.15, -0.1) is 0 Å². The van der Waals surface area contributed by atoms with E-state index in [0.29, 0.717) is 11.8 Å². The summed E-state index contributed by atoms with van der Waals surface area (Å²) in [5.41, 5.74) is 0.328. The van der Waals surface area contributed by atoms with Crippen molar-refractivity contribution in [3.05, 3.63) is 0 Å². The van der Waals surface area contributed by atoms with Gasteiger partial charge in [0, 0.05) is 19.5 Å². The summed E-state index contributed by atoms with van der Waals surface area (Å²) in [6, 6.07) is 2.21. The number of thiol groups is 1. The first-order valence-corrected chi connectivity index (χ1v) is 6.51. The SMILES string of the molecule is CCN(CCC#N)CC(CC)(CC)CS. The van der Waals surface area contributed by atoms with Crippen molar-refractivity contribution in [2.24, 2.45) is 5.41 Å². The lowest BCUT2D eigenvalue weighted by Crippen LogP contribution is -2.39. The van der Waals surface area contributed by atoms with Crippen LogP contribution in [0.5, 0.6) is 0 Å². The van der Waals surface area contributed by atoms with Crippen molar-refractivity contribution in [3.8, 4) is 6.07 Å². The molecule has 0 saturated carbocycles. The molecule has 0 aromatic rings. The largest absolute Gasteiger partial charge is 0.302 e.